The summed E-state index contributed by atoms with van der Waals surface area (Å²) in [6, 6.07) is 7.66. The van der Waals surface area contributed by atoms with Crippen LogP contribution < -0.4 is 5.73 Å². The van der Waals surface area contributed by atoms with E-state index in [0.717, 1.165) is 16.6 Å². The van der Waals surface area contributed by atoms with Gasteiger partial charge in [0.2, 0.25) is 0 Å². The van der Waals surface area contributed by atoms with E-state index in [1.807, 2.05) is 37.5 Å². The molecule has 2 heterocycles. The third-order valence-electron chi connectivity index (χ3n) is 2.58. The molecular weight excluding hydrogens is 214 g/mol. The number of benzene rings is 1. The second-order valence-corrected chi connectivity index (χ2v) is 3.85. The fourth-order valence-corrected chi connectivity index (χ4v) is 1.77. The van der Waals surface area contributed by atoms with Crippen molar-refractivity contribution in [1.29, 1.82) is 0 Å². The highest BCUT2D eigenvalue weighted by Gasteiger charge is 2.09. The van der Waals surface area contributed by atoms with Gasteiger partial charge in [-0.3, -0.25) is 4.68 Å². The van der Waals surface area contributed by atoms with Gasteiger partial charge in [0.15, 0.2) is 5.82 Å². The molecule has 0 aliphatic carbocycles. The molecule has 17 heavy (non-hydrogen) atoms. The van der Waals surface area contributed by atoms with Crippen LogP contribution in [-0.2, 0) is 7.05 Å². The van der Waals surface area contributed by atoms with E-state index >= 15 is 0 Å². The van der Waals surface area contributed by atoms with Gasteiger partial charge in [0, 0.05) is 18.8 Å². The van der Waals surface area contributed by atoms with Gasteiger partial charge in [-0.2, -0.15) is 5.10 Å². The van der Waals surface area contributed by atoms with Crippen LogP contribution >= 0.6 is 0 Å². The van der Waals surface area contributed by atoms with Crippen molar-refractivity contribution in [2.24, 2.45) is 7.05 Å². The minimum absolute atomic E-state index is 0.428. The maximum absolute atomic E-state index is 5.92. The predicted molar refractivity (Wildman–Crippen MR) is 66.2 cm³/mol. The molecular formula is C12H11N5. The lowest BCUT2D eigenvalue weighted by molar-refractivity contribution is 0.768. The average molecular weight is 225 g/mol. The molecule has 3 aromatic rings. The topological polar surface area (TPSA) is 69.6 Å². The Kier molecular flexibility index (Phi) is 2.04. The maximum Gasteiger partial charge on any atom is 0.150 e. The van der Waals surface area contributed by atoms with E-state index in [1.54, 1.807) is 10.9 Å². The Hall–Kier alpha value is -2.43. The van der Waals surface area contributed by atoms with Gasteiger partial charge in [0.1, 0.15) is 5.69 Å². The molecule has 3 rings (SSSR count). The Balaban J connectivity index is 2.26. The van der Waals surface area contributed by atoms with E-state index < -0.39 is 0 Å². The largest absolute Gasteiger partial charge is 0.382 e. The van der Waals surface area contributed by atoms with Crippen LogP contribution in [-0.4, -0.2) is 19.7 Å². The quantitative estimate of drug-likeness (QED) is 0.683. The highest BCUT2D eigenvalue weighted by molar-refractivity contribution is 5.81. The second-order valence-electron chi connectivity index (χ2n) is 3.85. The predicted octanol–water partition coefficient (Wildman–Crippen LogP) is 1.61. The minimum Gasteiger partial charge on any atom is -0.382 e. The van der Waals surface area contributed by atoms with Gasteiger partial charge in [0.25, 0.3) is 0 Å². The summed E-state index contributed by atoms with van der Waals surface area (Å²) in [6.45, 7) is 0. The molecule has 0 fully saturated rings. The molecule has 1 aromatic carbocycles. The Morgan fingerprint density at radius 3 is 2.47 bits per heavy atom. The molecule has 0 amide bonds. The molecule has 84 valence electrons. The highest BCUT2D eigenvalue weighted by atomic mass is 15.2. The SMILES string of the molecule is Cn1cc(-c2nc3ccccc3nc2N)cn1. The first kappa shape index (κ1) is 9.77. The molecule has 5 nitrogen and oxygen atoms in total. The molecule has 0 bridgehead atoms. The number of hydrogen-bond acceptors (Lipinski definition) is 4. The van der Waals surface area contributed by atoms with E-state index in [0.29, 0.717) is 11.5 Å². The summed E-state index contributed by atoms with van der Waals surface area (Å²) in [5.41, 5.74) is 9.11. The Morgan fingerprint density at radius 1 is 1.12 bits per heavy atom. The lowest BCUT2D eigenvalue weighted by Gasteiger charge is -2.03. The lowest BCUT2D eigenvalue weighted by Crippen LogP contribution is -1.97. The van der Waals surface area contributed by atoms with Crippen molar-refractivity contribution in [3.63, 3.8) is 0 Å². The number of aryl methyl sites for hydroxylation is 1. The van der Waals surface area contributed by atoms with Gasteiger partial charge < -0.3 is 5.73 Å². The third-order valence-corrected chi connectivity index (χ3v) is 2.58. The summed E-state index contributed by atoms with van der Waals surface area (Å²) in [4.78, 5) is 8.86. The standard InChI is InChI=1S/C12H11N5/c1-17-7-8(6-14-17)11-12(13)16-10-5-3-2-4-9(10)15-11/h2-7H,1H3,(H2,13,16). The number of fused-ring (bicyclic) bond motifs is 1. The summed E-state index contributed by atoms with van der Waals surface area (Å²) < 4.78 is 1.71. The van der Waals surface area contributed by atoms with Gasteiger partial charge in [-0.25, -0.2) is 9.97 Å². The molecule has 2 aromatic heterocycles. The Morgan fingerprint density at radius 2 is 1.82 bits per heavy atom. The van der Waals surface area contributed by atoms with Crippen LogP contribution in [0.4, 0.5) is 5.82 Å². The first-order valence-corrected chi connectivity index (χ1v) is 5.25. The van der Waals surface area contributed by atoms with Crippen LogP contribution in [0.1, 0.15) is 0 Å². The van der Waals surface area contributed by atoms with E-state index in [1.165, 1.54) is 0 Å². The second kappa shape index (κ2) is 3.55. The number of nitrogens with zero attached hydrogens (tertiary/aromatic N) is 4. The number of nitrogens with two attached hydrogens (primary N) is 1. The van der Waals surface area contributed by atoms with Crippen LogP contribution in [0.25, 0.3) is 22.3 Å². The fourth-order valence-electron chi connectivity index (χ4n) is 1.77. The van der Waals surface area contributed by atoms with Gasteiger partial charge >= 0.3 is 0 Å². The minimum atomic E-state index is 0.428. The molecule has 0 saturated heterocycles. The first-order chi connectivity index (χ1) is 8.24. The molecule has 0 aliphatic heterocycles. The molecule has 2 N–H and O–H groups in total. The average Bonchev–Trinajstić information content (AvgIpc) is 2.75. The van der Waals surface area contributed by atoms with Crippen molar-refractivity contribution in [2.45, 2.75) is 0 Å². The summed E-state index contributed by atoms with van der Waals surface area (Å²) in [7, 11) is 1.86. The zero-order valence-electron chi connectivity index (χ0n) is 9.33. The lowest BCUT2D eigenvalue weighted by atomic mass is 10.2. The number of aromatic nitrogens is 4. The molecule has 0 unspecified atom stereocenters. The monoisotopic (exact) mass is 225 g/mol. The summed E-state index contributed by atoms with van der Waals surface area (Å²) >= 11 is 0. The van der Waals surface area contributed by atoms with Crippen LogP contribution in [0, 0.1) is 0 Å². The van der Waals surface area contributed by atoms with E-state index in [-0.39, 0.29) is 0 Å². The smallest absolute Gasteiger partial charge is 0.150 e. The van der Waals surface area contributed by atoms with E-state index in [4.69, 9.17) is 5.73 Å². The van der Waals surface area contributed by atoms with Crippen LogP contribution in [0.5, 0.6) is 0 Å². The molecule has 0 atom stereocenters. The van der Waals surface area contributed by atoms with Gasteiger partial charge in [0.05, 0.1) is 17.2 Å². The van der Waals surface area contributed by atoms with Gasteiger partial charge in [-0.15, -0.1) is 0 Å². The van der Waals surface area contributed by atoms with Gasteiger partial charge in [-0.05, 0) is 12.1 Å². The Bertz CT molecular complexity index is 686. The summed E-state index contributed by atoms with van der Waals surface area (Å²) in [5, 5.41) is 4.11. The van der Waals surface area contributed by atoms with Crippen molar-refractivity contribution >= 4 is 16.9 Å². The van der Waals surface area contributed by atoms with Crippen molar-refractivity contribution in [3.8, 4) is 11.3 Å². The van der Waals surface area contributed by atoms with Crippen LogP contribution in [0.2, 0.25) is 0 Å². The number of para-hydroxylation sites is 2. The van der Waals surface area contributed by atoms with Gasteiger partial charge in [-0.1, -0.05) is 12.1 Å². The zero-order valence-corrected chi connectivity index (χ0v) is 9.33. The molecule has 0 saturated carbocycles. The molecule has 5 heteroatoms. The number of anilines is 1. The van der Waals surface area contributed by atoms with E-state index in [9.17, 15) is 0 Å². The van der Waals surface area contributed by atoms with Crippen molar-refractivity contribution < 1.29 is 0 Å². The van der Waals surface area contributed by atoms with Crippen molar-refractivity contribution in [1.82, 2.24) is 19.7 Å². The van der Waals surface area contributed by atoms with Crippen LogP contribution in [0.3, 0.4) is 0 Å². The zero-order chi connectivity index (χ0) is 11.8. The maximum atomic E-state index is 5.92. The third kappa shape index (κ3) is 1.61. The first-order valence-electron chi connectivity index (χ1n) is 5.25. The summed E-state index contributed by atoms with van der Waals surface area (Å²) in [6.07, 6.45) is 3.60. The fraction of sp³-hybridized carbons (Fsp3) is 0.0833. The van der Waals surface area contributed by atoms with E-state index in [2.05, 4.69) is 15.1 Å². The van der Waals surface area contributed by atoms with Crippen molar-refractivity contribution in [3.05, 3.63) is 36.7 Å². The molecule has 0 spiro atoms. The summed E-state index contributed by atoms with van der Waals surface area (Å²) in [5.74, 6) is 0.428. The normalized spacial score (nSPS) is 10.9. The van der Waals surface area contributed by atoms with Crippen LogP contribution in [0.15, 0.2) is 36.7 Å². The number of hydrogen-bond donors (Lipinski definition) is 1. The number of nitrogen functional groups attached to an aromatic ring is 1. The molecule has 0 aliphatic rings. The number of rotatable bonds is 1. The highest BCUT2D eigenvalue weighted by Crippen LogP contribution is 2.23. The van der Waals surface area contributed by atoms with Crippen molar-refractivity contribution in [2.75, 3.05) is 5.73 Å². The Labute approximate surface area is 97.9 Å². The molecule has 0 radical (unpaired) electrons.